The van der Waals surface area contributed by atoms with Gasteiger partial charge in [-0.1, -0.05) is 6.07 Å². The van der Waals surface area contributed by atoms with E-state index in [1.807, 2.05) is 19.1 Å². The first-order valence-electron chi connectivity index (χ1n) is 8.95. The van der Waals surface area contributed by atoms with Crippen LogP contribution in [0.2, 0.25) is 0 Å². The maximum atomic E-state index is 13.8. The first kappa shape index (κ1) is 18.9. The Bertz CT molecular complexity index is 1050. The number of hydrogen-bond acceptors (Lipinski definition) is 5. The van der Waals surface area contributed by atoms with Crippen LogP contribution in [0, 0.1) is 18.6 Å². The molecule has 2 amide bonds. The standard InChI is InChI=1S/C20H19F2N5O2/c1-11-8-13(29-3)5-7-16(11)24-18-25-20(28)26(2)19-23-10-17(27(18)19)12-4-6-14(21)15(22)9-12/h4-9,17H,10H2,1-3H3,(H,24,25,28). The number of urea groups is 1. The summed E-state index contributed by atoms with van der Waals surface area (Å²) in [5.74, 6) is -0.479. The van der Waals surface area contributed by atoms with Crippen molar-refractivity contribution in [1.29, 1.82) is 0 Å². The van der Waals surface area contributed by atoms with Gasteiger partial charge in [-0.25, -0.2) is 18.6 Å². The van der Waals surface area contributed by atoms with Gasteiger partial charge in [0.1, 0.15) is 5.75 Å². The minimum atomic E-state index is -0.935. The van der Waals surface area contributed by atoms with Gasteiger partial charge in [0.25, 0.3) is 0 Å². The normalized spacial score (nSPS) is 18.4. The van der Waals surface area contributed by atoms with Gasteiger partial charge in [-0.3, -0.25) is 9.80 Å². The highest BCUT2D eigenvalue weighted by Gasteiger charge is 2.40. The lowest BCUT2D eigenvalue weighted by Gasteiger charge is -2.35. The zero-order chi connectivity index (χ0) is 20.7. The molecular weight excluding hydrogens is 380 g/mol. The number of guanidine groups is 2. The quantitative estimate of drug-likeness (QED) is 0.857. The first-order valence-corrected chi connectivity index (χ1v) is 8.95. The van der Waals surface area contributed by atoms with Crippen LogP contribution in [0.25, 0.3) is 0 Å². The molecule has 0 aromatic heterocycles. The minimum absolute atomic E-state index is 0.271. The molecule has 0 fully saturated rings. The van der Waals surface area contributed by atoms with Crippen LogP contribution < -0.4 is 10.1 Å². The van der Waals surface area contributed by atoms with Gasteiger partial charge in [0.15, 0.2) is 11.6 Å². The Labute approximate surface area is 166 Å². The van der Waals surface area contributed by atoms with E-state index in [1.54, 1.807) is 25.1 Å². The number of nitrogens with one attached hydrogen (secondary N) is 1. The van der Waals surface area contributed by atoms with Crippen molar-refractivity contribution in [2.24, 2.45) is 9.98 Å². The third-order valence-corrected chi connectivity index (χ3v) is 4.96. The zero-order valence-electron chi connectivity index (χ0n) is 16.1. The van der Waals surface area contributed by atoms with Crippen molar-refractivity contribution in [3.05, 3.63) is 59.2 Å². The minimum Gasteiger partial charge on any atom is -0.497 e. The number of benzene rings is 2. The average molecular weight is 399 g/mol. The van der Waals surface area contributed by atoms with E-state index in [4.69, 9.17) is 4.74 Å². The Balaban J connectivity index is 1.71. The SMILES string of the molecule is COc1ccc(NC2=NC(=O)N(C)C3=NCC(c4ccc(F)c(F)c4)N23)c(C)c1. The summed E-state index contributed by atoms with van der Waals surface area (Å²) in [6.07, 6.45) is 0. The number of fused-ring (bicyclic) bond motifs is 1. The maximum Gasteiger partial charge on any atom is 0.353 e. The van der Waals surface area contributed by atoms with Crippen molar-refractivity contribution in [2.45, 2.75) is 13.0 Å². The lowest BCUT2D eigenvalue weighted by atomic mass is 10.1. The Morgan fingerprint density at radius 1 is 1.17 bits per heavy atom. The second kappa shape index (κ2) is 7.16. The van der Waals surface area contributed by atoms with E-state index in [2.05, 4.69) is 15.3 Å². The van der Waals surface area contributed by atoms with Crippen LogP contribution in [0.1, 0.15) is 17.2 Å². The van der Waals surface area contributed by atoms with Gasteiger partial charge in [-0.05, 0) is 48.4 Å². The second-order valence-corrected chi connectivity index (χ2v) is 6.78. The van der Waals surface area contributed by atoms with Crippen molar-refractivity contribution in [3.63, 3.8) is 0 Å². The molecule has 1 unspecified atom stereocenters. The van der Waals surface area contributed by atoms with Gasteiger partial charge in [0.2, 0.25) is 11.9 Å². The summed E-state index contributed by atoms with van der Waals surface area (Å²) in [5.41, 5.74) is 2.16. The molecule has 4 rings (SSSR count). The largest absolute Gasteiger partial charge is 0.497 e. The van der Waals surface area contributed by atoms with Crippen LogP contribution in [0.3, 0.4) is 0 Å². The monoisotopic (exact) mass is 399 g/mol. The molecule has 1 atom stereocenters. The molecule has 9 heteroatoms. The van der Waals surface area contributed by atoms with Crippen molar-refractivity contribution in [1.82, 2.24) is 9.80 Å². The number of rotatable bonds is 3. The fraction of sp³-hybridized carbons (Fsp3) is 0.250. The summed E-state index contributed by atoms with van der Waals surface area (Å²) < 4.78 is 32.4. The molecule has 0 saturated heterocycles. The molecule has 0 spiro atoms. The number of carbonyl (C=O) groups excluding carboxylic acids is 1. The molecule has 2 heterocycles. The first-order chi connectivity index (χ1) is 13.9. The fourth-order valence-electron chi connectivity index (χ4n) is 3.37. The number of aryl methyl sites for hydroxylation is 1. The molecule has 0 aliphatic carbocycles. The van der Waals surface area contributed by atoms with E-state index < -0.39 is 23.7 Å². The molecule has 1 N–H and O–H groups in total. The molecule has 29 heavy (non-hydrogen) atoms. The highest BCUT2D eigenvalue weighted by molar-refractivity contribution is 6.17. The van der Waals surface area contributed by atoms with E-state index in [1.165, 1.54) is 11.0 Å². The van der Waals surface area contributed by atoms with Crippen LogP contribution in [0.15, 0.2) is 46.4 Å². The summed E-state index contributed by atoms with van der Waals surface area (Å²) >= 11 is 0. The predicted octanol–water partition coefficient (Wildman–Crippen LogP) is 3.53. The number of ether oxygens (including phenoxy) is 1. The summed E-state index contributed by atoms with van der Waals surface area (Å²) in [4.78, 5) is 23.9. The number of anilines is 1. The molecule has 2 aliphatic heterocycles. The predicted molar refractivity (Wildman–Crippen MR) is 105 cm³/mol. The van der Waals surface area contributed by atoms with E-state index in [-0.39, 0.29) is 12.5 Å². The zero-order valence-corrected chi connectivity index (χ0v) is 16.1. The molecule has 2 aromatic carbocycles. The molecular formula is C20H19F2N5O2. The van der Waals surface area contributed by atoms with Crippen LogP contribution in [-0.4, -0.2) is 48.5 Å². The molecule has 0 radical (unpaired) electrons. The van der Waals surface area contributed by atoms with Crippen molar-refractivity contribution in [3.8, 4) is 5.75 Å². The number of amides is 2. The molecule has 2 aliphatic rings. The van der Waals surface area contributed by atoms with Crippen LogP contribution in [0.4, 0.5) is 19.3 Å². The molecule has 0 saturated carbocycles. The van der Waals surface area contributed by atoms with Gasteiger partial charge >= 0.3 is 6.03 Å². The third kappa shape index (κ3) is 3.28. The van der Waals surface area contributed by atoms with E-state index in [0.29, 0.717) is 17.3 Å². The van der Waals surface area contributed by atoms with E-state index >= 15 is 0 Å². The van der Waals surface area contributed by atoms with Gasteiger partial charge in [-0.2, -0.15) is 4.99 Å². The number of hydrogen-bond donors (Lipinski definition) is 1. The lowest BCUT2D eigenvalue weighted by molar-refractivity contribution is 0.230. The van der Waals surface area contributed by atoms with Crippen LogP contribution in [0.5, 0.6) is 5.75 Å². The Morgan fingerprint density at radius 2 is 1.97 bits per heavy atom. The summed E-state index contributed by atoms with van der Waals surface area (Å²) in [6.45, 7) is 2.17. The summed E-state index contributed by atoms with van der Waals surface area (Å²) in [5, 5.41) is 3.17. The molecule has 0 bridgehead atoms. The third-order valence-electron chi connectivity index (χ3n) is 4.96. The number of methoxy groups -OCH3 is 1. The topological polar surface area (TPSA) is 69.5 Å². The van der Waals surface area contributed by atoms with Gasteiger partial charge in [0.05, 0.1) is 19.7 Å². The molecule has 7 nitrogen and oxygen atoms in total. The average Bonchev–Trinajstić information content (AvgIpc) is 3.15. The maximum absolute atomic E-state index is 13.8. The van der Waals surface area contributed by atoms with Gasteiger partial charge < -0.3 is 10.1 Å². The van der Waals surface area contributed by atoms with Crippen LogP contribution in [-0.2, 0) is 0 Å². The number of halogens is 2. The van der Waals surface area contributed by atoms with Crippen molar-refractivity contribution < 1.29 is 18.3 Å². The Kier molecular flexibility index (Phi) is 4.65. The van der Waals surface area contributed by atoms with E-state index in [9.17, 15) is 13.6 Å². The van der Waals surface area contributed by atoms with Gasteiger partial charge in [0, 0.05) is 12.7 Å². The molecule has 150 valence electrons. The highest BCUT2D eigenvalue weighted by Crippen LogP contribution is 2.32. The number of carbonyl (C=O) groups is 1. The summed E-state index contributed by atoms with van der Waals surface area (Å²) in [7, 11) is 3.15. The highest BCUT2D eigenvalue weighted by atomic mass is 19.2. The molecule has 2 aromatic rings. The van der Waals surface area contributed by atoms with E-state index in [0.717, 1.165) is 23.4 Å². The number of nitrogens with zero attached hydrogens (tertiary/aromatic N) is 4. The second-order valence-electron chi connectivity index (χ2n) is 6.78. The smallest absolute Gasteiger partial charge is 0.353 e. The van der Waals surface area contributed by atoms with Crippen molar-refractivity contribution >= 4 is 23.6 Å². The Hall–Kier alpha value is -3.49. The lowest BCUT2D eigenvalue weighted by Crippen LogP contribution is -2.53. The van der Waals surface area contributed by atoms with Crippen molar-refractivity contribution in [2.75, 3.05) is 26.0 Å². The summed E-state index contributed by atoms with van der Waals surface area (Å²) in [6, 6.07) is 8.29. The van der Waals surface area contributed by atoms with Gasteiger partial charge in [-0.15, -0.1) is 0 Å². The number of aliphatic imine (C=N–C) groups is 2. The fourth-order valence-corrected chi connectivity index (χ4v) is 3.37. The Morgan fingerprint density at radius 3 is 2.66 bits per heavy atom. The van der Waals surface area contributed by atoms with Crippen LogP contribution >= 0.6 is 0 Å².